The zero-order chi connectivity index (χ0) is 25.9. The fourth-order valence-electron chi connectivity index (χ4n) is 4.13. The van der Waals surface area contributed by atoms with E-state index in [1.54, 1.807) is 0 Å². The number of benzene rings is 4. The summed E-state index contributed by atoms with van der Waals surface area (Å²) in [6.45, 7) is 3.93. The van der Waals surface area contributed by atoms with Gasteiger partial charge in [-0.3, -0.25) is 0 Å². The Hall–Kier alpha value is -5.11. The van der Waals surface area contributed by atoms with Crippen LogP contribution in [0.25, 0.3) is 22.0 Å². The summed E-state index contributed by atoms with van der Waals surface area (Å²) in [4.78, 5) is 25.4. The number of anilines is 4. The topological polar surface area (TPSA) is 114 Å². The maximum Gasteiger partial charge on any atom is 0.347 e. The highest BCUT2D eigenvalue weighted by atomic mass is 16.2. The van der Waals surface area contributed by atoms with E-state index >= 15 is 0 Å². The number of nitrogens with zero attached hydrogens (tertiary/aromatic N) is 2. The third kappa shape index (κ3) is 5.28. The smallest absolute Gasteiger partial charge is 0.347 e. The molecule has 5 N–H and O–H groups in total. The number of amides is 3. The van der Waals surface area contributed by atoms with Gasteiger partial charge in [-0.15, -0.1) is 5.10 Å². The normalized spacial score (nSPS) is 10.8. The van der Waals surface area contributed by atoms with E-state index in [1.165, 1.54) is 4.68 Å². The molecule has 3 amide bonds. The summed E-state index contributed by atoms with van der Waals surface area (Å²) >= 11 is 0. The van der Waals surface area contributed by atoms with Gasteiger partial charge in [0.1, 0.15) is 0 Å². The SMILES string of the molecule is Cc1cccc(NC(=O)Nc2ccc(-c3ccc4c(N)nn(C(=O)Nc5cccc(C)c5)c4c3)cc2)c1. The van der Waals surface area contributed by atoms with Crippen molar-refractivity contribution in [1.29, 1.82) is 0 Å². The molecule has 0 atom stereocenters. The molecule has 0 aliphatic rings. The van der Waals surface area contributed by atoms with Crippen LogP contribution in [0.5, 0.6) is 0 Å². The van der Waals surface area contributed by atoms with Crippen LogP contribution in [0.2, 0.25) is 0 Å². The molecule has 8 heteroatoms. The molecule has 4 aromatic carbocycles. The molecule has 184 valence electrons. The second kappa shape index (κ2) is 9.87. The third-order valence-corrected chi connectivity index (χ3v) is 5.92. The van der Waals surface area contributed by atoms with Crippen LogP contribution in [-0.4, -0.2) is 21.8 Å². The summed E-state index contributed by atoms with van der Waals surface area (Å²) in [6, 6.07) is 27.5. The van der Waals surface area contributed by atoms with E-state index in [2.05, 4.69) is 21.0 Å². The molecule has 0 fully saturated rings. The van der Waals surface area contributed by atoms with E-state index in [-0.39, 0.29) is 11.8 Å². The molecule has 0 aliphatic carbocycles. The van der Waals surface area contributed by atoms with Crippen LogP contribution in [0, 0.1) is 13.8 Å². The number of fused-ring (bicyclic) bond motifs is 1. The van der Waals surface area contributed by atoms with Crippen molar-refractivity contribution in [2.45, 2.75) is 13.8 Å². The van der Waals surface area contributed by atoms with Gasteiger partial charge in [0.2, 0.25) is 0 Å². The van der Waals surface area contributed by atoms with Crippen molar-refractivity contribution in [3.05, 3.63) is 102 Å². The first-order valence-electron chi connectivity index (χ1n) is 11.8. The molecule has 0 spiro atoms. The van der Waals surface area contributed by atoms with Gasteiger partial charge >= 0.3 is 12.1 Å². The van der Waals surface area contributed by atoms with Crippen molar-refractivity contribution >= 4 is 45.8 Å². The number of aromatic nitrogens is 2. The Balaban J connectivity index is 1.34. The average Bonchev–Trinajstić information content (AvgIpc) is 3.20. The lowest BCUT2D eigenvalue weighted by Crippen LogP contribution is -2.20. The van der Waals surface area contributed by atoms with Crippen molar-refractivity contribution in [2.24, 2.45) is 0 Å². The second-order valence-electron chi connectivity index (χ2n) is 8.85. The zero-order valence-electron chi connectivity index (χ0n) is 20.4. The Morgan fingerprint density at radius 3 is 1.95 bits per heavy atom. The molecule has 37 heavy (non-hydrogen) atoms. The lowest BCUT2D eigenvalue weighted by atomic mass is 10.0. The number of hydrogen-bond donors (Lipinski definition) is 4. The fourth-order valence-corrected chi connectivity index (χ4v) is 4.13. The van der Waals surface area contributed by atoms with Gasteiger partial charge in [0.25, 0.3) is 0 Å². The first kappa shape index (κ1) is 23.6. The molecule has 0 aliphatic heterocycles. The number of urea groups is 1. The Bertz CT molecular complexity index is 1620. The van der Waals surface area contributed by atoms with E-state index in [1.807, 2.05) is 105 Å². The van der Waals surface area contributed by atoms with Crippen molar-refractivity contribution in [3.8, 4) is 11.1 Å². The predicted octanol–water partition coefficient (Wildman–Crippen LogP) is 6.63. The van der Waals surface area contributed by atoms with Gasteiger partial charge in [0.15, 0.2) is 5.82 Å². The molecule has 0 bridgehead atoms. The maximum absolute atomic E-state index is 13.0. The summed E-state index contributed by atoms with van der Waals surface area (Å²) in [5.41, 5.74) is 12.6. The van der Waals surface area contributed by atoms with Gasteiger partial charge in [0, 0.05) is 22.4 Å². The van der Waals surface area contributed by atoms with Gasteiger partial charge in [-0.25, -0.2) is 9.59 Å². The number of aryl methyl sites for hydroxylation is 2. The van der Waals surface area contributed by atoms with Crippen LogP contribution >= 0.6 is 0 Å². The molecule has 1 heterocycles. The zero-order valence-corrected chi connectivity index (χ0v) is 20.4. The van der Waals surface area contributed by atoms with Crippen molar-refractivity contribution in [3.63, 3.8) is 0 Å². The minimum atomic E-state index is -0.399. The van der Waals surface area contributed by atoms with E-state index in [0.29, 0.717) is 22.3 Å². The van der Waals surface area contributed by atoms with Crippen LogP contribution in [0.15, 0.2) is 91.0 Å². The van der Waals surface area contributed by atoms with E-state index in [9.17, 15) is 9.59 Å². The van der Waals surface area contributed by atoms with Gasteiger partial charge in [-0.1, -0.05) is 42.5 Å². The average molecular weight is 491 g/mol. The minimum Gasteiger partial charge on any atom is -0.382 e. The highest BCUT2D eigenvalue weighted by molar-refractivity contribution is 6.02. The molecule has 0 saturated carbocycles. The summed E-state index contributed by atoms with van der Waals surface area (Å²) in [5.74, 6) is 0.278. The number of carbonyl (C=O) groups is 2. The Labute approximate surface area is 214 Å². The number of nitrogens with one attached hydrogen (secondary N) is 3. The van der Waals surface area contributed by atoms with Gasteiger partial charge in [0.05, 0.1) is 5.52 Å². The van der Waals surface area contributed by atoms with Gasteiger partial charge in [-0.05, 0) is 84.6 Å². The maximum atomic E-state index is 13.0. The van der Waals surface area contributed by atoms with Gasteiger partial charge < -0.3 is 21.7 Å². The molecule has 0 radical (unpaired) electrons. The third-order valence-electron chi connectivity index (χ3n) is 5.92. The highest BCUT2D eigenvalue weighted by Crippen LogP contribution is 2.28. The van der Waals surface area contributed by atoms with Crippen LogP contribution in [0.4, 0.5) is 32.5 Å². The summed E-state index contributed by atoms with van der Waals surface area (Å²) in [6.07, 6.45) is 0. The van der Waals surface area contributed by atoms with E-state index < -0.39 is 6.03 Å². The monoisotopic (exact) mass is 490 g/mol. The van der Waals surface area contributed by atoms with E-state index in [0.717, 1.165) is 27.9 Å². The lowest BCUT2D eigenvalue weighted by Gasteiger charge is -2.10. The number of carbonyl (C=O) groups excluding carboxylic acids is 2. The minimum absolute atomic E-state index is 0.278. The van der Waals surface area contributed by atoms with E-state index in [4.69, 9.17) is 5.73 Å². The number of rotatable bonds is 4. The van der Waals surface area contributed by atoms with Crippen LogP contribution in [0.1, 0.15) is 11.1 Å². The quantitative estimate of drug-likeness (QED) is 0.226. The van der Waals surface area contributed by atoms with Crippen LogP contribution < -0.4 is 21.7 Å². The first-order valence-corrected chi connectivity index (χ1v) is 11.8. The molecule has 5 aromatic rings. The Morgan fingerprint density at radius 1 is 0.703 bits per heavy atom. The predicted molar refractivity (Wildman–Crippen MR) is 149 cm³/mol. The standard InChI is InChI=1S/C29H26N6O2/c1-18-5-3-7-23(15-18)32-28(36)31-22-12-9-20(10-13-22)21-11-14-25-26(17-21)35(34-27(25)30)29(37)33-24-8-4-6-19(2)16-24/h3-17H,1-2H3,(H2,30,34)(H,33,37)(H2,31,32,36). The molecule has 5 rings (SSSR count). The highest BCUT2D eigenvalue weighted by Gasteiger charge is 2.15. The summed E-state index contributed by atoms with van der Waals surface area (Å²) in [7, 11) is 0. The molecular weight excluding hydrogens is 464 g/mol. The molecule has 8 nitrogen and oxygen atoms in total. The van der Waals surface area contributed by atoms with Crippen molar-refractivity contribution < 1.29 is 9.59 Å². The lowest BCUT2D eigenvalue weighted by molar-refractivity contribution is 0.252. The number of hydrogen-bond acceptors (Lipinski definition) is 4. The Kier molecular flexibility index (Phi) is 6.30. The summed E-state index contributed by atoms with van der Waals surface area (Å²) in [5, 5.41) is 13.5. The number of nitrogens with two attached hydrogens (primary N) is 1. The van der Waals surface area contributed by atoms with Crippen molar-refractivity contribution in [1.82, 2.24) is 9.78 Å². The van der Waals surface area contributed by atoms with Crippen LogP contribution in [0.3, 0.4) is 0 Å². The van der Waals surface area contributed by atoms with Gasteiger partial charge in [-0.2, -0.15) is 4.68 Å². The number of nitrogen functional groups attached to an aromatic ring is 1. The molecular formula is C29H26N6O2. The molecule has 0 unspecified atom stereocenters. The second-order valence-corrected chi connectivity index (χ2v) is 8.85. The van der Waals surface area contributed by atoms with Crippen LogP contribution in [-0.2, 0) is 0 Å². The molecule has 1 aromatic heterocycles. The molecule has 0 saturated heterocycles. The summed E-state index contributed by atoms with van der Waals surface area (Å²) < 4.78 is 1.28. The van der Waals surface area contributed by atoms with Crippen molar-refractivity contribution in [2.75, 3.05) is 21.7 Å². The first-order chi connectivity index (χ1) is 17.9. The fraction of sp³-hybridized carbons (Fsp3) is 0.0690. The Morgan fingerprint density at radius 2 is 1.30 bits per heavy atom. The largest absolute Gasteiger partial charge is 0.382 e.